The summed E-state index contributed by atoms with van der Waals surface area (Å²) in [6, 6.07) is 15.1. The van der Waals surface area contributed by atoms with Gasteiger partial charge in [0.15, 0.2) is 0 Å². The van der Waals surface area contributed by atoms with Crippen molar-refractivity contribution in [3.63, 3.8) is 0 Å². The third-order valence-corrected chi connectivity index (χ3v) is 4.36. The molecule has 3 aromatic rings. The van der Waals surface area contributed by atoms with E-state index in [9.17, 15) is 14.9 Å². The van der Waals surface area contributed by atoms with E-state index in [1.54, 1.807) is 25.1 Å². The van der Waals surface area contributed by atoms with E-state index in [0.717, 1.165) is 11.3 Å². The number of benzene rings is 2. The first-order valence-electron chi connectivity index (χ1n) is 9.71. The quantitative estimate of drug-likeness (QED) is 0.321. The van der Waals surface area contributed by atoms with Crippen LogP contribution in [0, 0.1) is 16.0 Å². The molecule has 0 radical (unpaired) electrons. The normalized spacial score (nSPS) is 11.4. The lowest BCUT2D eigenvalue weighted by molar-refractivity contribution is -0.384. The van der Waals surface area contributed by atoms with Crippen LogP contribution in [0.15, 0.2) is 59.7 Å². The monoisotopic (exact) mass is 421 g/mol. The molecular weight excluding hydrogens is 398 g/mol. The topological polar surface area (TPSA) is 123 Å². The van der Waals surface area contributed by atoms with Crippen LogP contribution in [0.5, 0.6) is 5.75 Å². The number of aromatic amines is 1. The second-order valence-corrected chi connectivity index (χ2v) is 7.34. The predicted molar refractivity (Wildman–Crippen MR) is 117 cm³/mol. The third kappa shape index (κ3) is 5.75. The van der Waals surface area contributed by atoms with Crippen molar-refractivity contribution in [2.45, 2.75) is 20.8 Å². The maximum absolute atomic E-state index is 12.4. The molecule has 0 aliphatic carbocycles. The number of amides is 1. The fourth-order valence-electron chi connectivity index (χ4n) is 2.67. The first kappa shape index (κ1) is 21.7. The average molecular weight is 421 g/mol. The molecule has 0 atom stereocenters. The fraction of sp³-hybridized carbons (Fsp3) is 0.227. The summed E-state index contributed by atoms with van der Waals surface area (Å²) in [7, 11) is 0. The summed E-state index contributed by atoms with van der Waals surface area (Å²) in [5.41, 5.74) is 5.06. The van der Waals surface area contributed by atoms with Gasteiger partial charge in [0, 0.05) is 23.3 Å². The number of nitro groups is 1. The standard InChI is InChI=1S/C22H23N5O4/c1-14(2)13-31-19-9-7-16(8-10-19)20-12-21(25-24-20)22(28)26-23-15(3)17-5-4-6-18(11-17)27(29)30/h4-12,14H,13H2,1-3H3,(H,24,25)(H,26,28). The van der Waals surface area contributed by atoms with Crippen molar-refractivity contribution in [1.29, 1.82) is 0 Å². The van der Waals surface area contributed by atoms with Crippen molar-refractivity contribution < 1.29 is 14.5 Å². The molecule has 2 aromatic carbocycles. The summed E-state index contributed by atoms with van der Waals surface area (Å²) in [6.45, 7) is 6.46. The molecule has 9 nitrogen and oxygen atoms in total. The number of aromatic nitrogens is 2. The molecule has 1 heterocycles. The number of carbonyl (C=O) groups is 1. The van der Waals surface area contributed by atoms with Gasteiger partial charge >= 0.3 is 0 Å². The smallest absolute Gasteiger partial charge is 0.289 e. The van der Waals surface area contributed by atoms with Gasteiger partial charge in [-0.25, -0.2) is 5.43 Å². The molecule has 31 heavy (non-hydrogen) atoms. The Balaban J connectivity index is 1.65. The van der Waals surface area contributed by atoms with Crippen LogP contribution >= 0.6 is 0 Å². The van der Waals surface area contributed by atoms with Gasteiger partial charge in [0.1, 0.15) is 11.4 Å². The Labute approximate surface area is 179 Å². The van der Waals surface area contributed by atoms with Gasteiger partial charge in [-0.1, -0.05) is 26.0 Å². The first-order valence-corrected chi connectivity index (χ1v) is 9.71. The van der Waals surface area contributed by atoms with Gasteiger partial charge in [0.25, 0.3) is 11.6 Å². The van der Waals surface area contributed by atoms with E-state index < -0.39 is 10.8 Å². The van der Waals surface area contributed by atoms with Crippen LogP contribution in [0.25, 0.3) is 11.3 Å². The Morgan fingerprint density at radius 1 is 1.23 bits per heavy atom. The second kappa shape index (κ2) is 9.66. The minimum atomic E-state index is -0.482. The Kier molecular flexibility index (Phi) is 6.76. The predicted octanol–water partition coefficient (Wildman–Crippen LogP) is 4.17. The van der Waals surface area contributed by atoms with E-state index in [2.05, 4.69) is 34.6 Å². The molecule has 9 heteroatoms. The zero-order valence-corrected chi connectivity index (χ0v) is 17.5. The van der Waals surface area contributed by atoms with Crippen LogP contribution < -0.4 is 10.2 Å². The summed E-state index contributed by atoms with van der Waals surface area (Å²) >= 11 is 0. The van der Waals surface area contributed by atoms with Gasteiger partial charge in [-0.3, -0.25) is 20.0 Å². The molecule has 0 fully saturated rings. The van der Waals surface area contributed by atoms with Gasteiger partial charge in [0.2, 0.25) is 0 Å². The molecule has 2 N–H and O–H groups in total. The average Bonchev–Trinajstić information content (AvgIpc) is 3.26. The van der Waals surface area contributed by atoms with Gasteiger partial charge in [-0.05, 0) is 43.2 Å². The highest BCUT2D eigenvalue weighted by Gasteiger charge is 2.12. The maximum atomic E-state index is 12.4. The highest BCUT2D eigenvalue weighted by Crippen LogP contribution is 2.22. The number of non-ortho nitro benzene ring substituents is 1. The van der Waals surface area contributed by atoms with Gasteiger partial charge in [0.05, 0.1) is 22.9 Å². The number of ether oxygens (including phenoxy) is 1. The lowest BCUT2D eigenvalue weighted by Gasteiger charge is -2.08. The van der Waals surface area contributed by atoms with E-state index in [1.165, 1.54) is 12.1 Å². The number of carbonyl (C=O) groups excluding carboxylic acids is 1. The van der Waals surface area contributed by atoms with E-state index in [0.29, 0.717) is 29.5 Å². The Morgan fingerprint density at radius 3 is 2.65 bits per heavy atom. The Bertz CT molecular complexity index is 1100. The lowest BCUT2D eigenvalue weighted by atomic mass is 10.1. The highest BCUT2D eigenvalue weighted by atomic mass is 16.6. The molecule has 3 rings (SSSR count). The van der Waals surface area contributed by atoms with Gasteiger partial charge in [-0.15, -0.1) is 0 Å². The Morgan fingerprint density at radius 2 is 1.97 bits per heavy atom. The minimum Gasteiger partial charge on any atom is -0.493 e. The number of H-pyrrole nitrogens is 1. The molecule has 0 saturated heterocycles. The molecular formula is C22H23N5O4. The summed E-state index contributed by atoms with van der Waals surface area (Å²) in [5.74, 6) is 0.743. The van der Waals surface area contributed by atoms with Crippen molar-refractivity contribution in [1.82, 2.24) is 15.6 Å². The number of nitrogens with zero attached hydrogens (tertiary/aromatic N) is 3. The molecule has 0 unspecified atom stereocenters. The van der Waals surface area contributed by atoms with Crippen molar-refractivity contribution in [3.05, 3.63) is 76.0 Å². The summed E-state index contributed by atoms with van der Waals surface area (Å²) in [4.78, 5) is 22.8. The molecule has 1 amide bonds. The SMILES string of the molecule is CC(=NNC(=O)c1cc(-c2ccc(OCC(C)C)cc2)n[nH]1)c1cccc([N+](=O)[O-])c1. The summed E-state index contributed by atoms with van der Waals surface area (Å²) in [6.07, 6.45) is 0. The van der Waals surface area contributed by atoms with Crippen LogP contribution in [0.2, 0.25) is 0 Å². The molecule has 0 saturated carbocycles. The van der Waals surface area contributed by atoms with Crippen molar-refractivity contribution in [2.24, 2.45) is 11.0 Å². The molecule has 0 aliphatic heterocycles. The van der Waals surface area contributed by atoms with E-state index in [-0.39, 0.29) is 11.4 Å². The first-order chi connectivity index (χ1) is 14.8. The van der Waals surface area contributed by atoms with Crippen LogP contribution in [-0.2, 0) is 0 Å². The fourth-order valence-corrected chi connectivity index (χ4v) is 2.67. The van der Waals surface area contributed by atoms with Crippen molar-refractivity contribution >= 4 is 17.3 Å². The molecule has 0 bridgehead atoms. The number of nitrogens with one attached hydrogen (secondary N) is 2. The van der Waals surface area contributed by atoms with E-state index >= 15 is 0 Å². The zero-order chi connectivity index (χ0) is 22.4. The Hall–Kier alpha value is -4.01. The summed E-state index contributed by atoms with van der Waals surface area (Å²) < 4.78 is 5.67. The molecule has 0 spiro atoms. The summed E-state index contributed by atoms with van der Waals surface area (Å²) in [5, 5.41) is 21.8. The number of nitro benzene ring substituents is 1. The molecule has 1 aromatic heterocycles. The van der Waals surface area contributed by atoms with E-state index in [4.69, 9.17) is 4.74 Å². The minimum absolute atomic E-state index is 0.0442. The number of rotatable bonds is 8. The number of hydrazone groups is 1. The van der Waals surface area contributed by atoms with Crippen LogP contribution in [0.1, 0.15) is 36.8 Å². The number of hydrogen-bond donors (Lipinski definition) is 2. The van der Waals surface area contributed by atoms with Crippen molar-refractivity contribution in [3.8, 4) is 17.0 Å². The third-order valence-electron chi connectivity index (χ3n) is 4.36. The number of hydrogen-bond acceptors (Lipinski definition) is 6. The maximum Gasteiger partial charge on any atom is 0.289 e. The lowest BCUT2D eigenvalue weighted by Crippen LogP contribution is -2.19. The zero-order valence-electron chi connectivity index (χ0n) is 17.5. The van der Waals surface area contributed by atoms with Gasteiger partial charge < -0.3 is 4.74 Å². The largest absolute Gasteiger partial charge is 0.493 e. The van der Waals surface area contributed by atoms with E-state index in [1.807, 2.05) is 24.3 Å². The van der Waals surface area contributed by atoms with Crippen LogP contribution in [0.4, 0.5) is 5.69 Å². The van der Waals surface area contributed by atoms with Gasteiger partial charge in [-0.2, -0.15) is 10.2 Å². The highest BCUT2D eigenvalue weighted by molar-refractivity contribution is 6.01. The van der Waals surface area contributed by atoms with Crippen LogP contribution in [-0.4, -0.2) is 33.3 Å². The second-order valence-electron chi connectivity index (χ2n) is 7.34. The molecule has 0 aliphatic rings. The van der Waals surface area contributed by atoms with Crippen molar-refractivity contribution in [2.75, 3.05) is 6.61 Å². The molecule has 160 valence electrons. The van der Waals surface area contributed by atoms with Crippen LogP contribution in [0.3, 0.4) is 0 Å².